The number of rotatable bonds is 11. The molecule has 0 spiro atoms. The van der Waals surface area contributed by atoms with E-state index in [0.717, 1.165) is 19.3 Å². The summed E-state index contributed by atoms with van der Waals surface area (Å²) < 4.78 is 0. The van der Waals surface area contributed by atoms with Crippen LogP contribution in [0.5, 0.6) is 0 Å². The highest BCUT2D eigenvalue weighted by atomic mass is 16.4. The van der Waals surface area contributed by atoms with Crippen molar-refractivity contribution in [3.63, 3.8) is 0 Å². The maximum absolute atomic E-state index is 10.8. The van der Waals surface area contributed by atoms with E-state index in [1.165, 1.54) is 32.6 Å². The van der Waals surface area contributed by atoms with E-state index < -0.39 is 5.97 Å². The molecule has 0 heterocycles. The number of carbonyl (C=O) groups is 2. The van der Waals surface area contributed by atoms with Crippen molar-refractivity contribution in [2.24, 2.45) is 5.92 Å². The van der Waals surface area contributed by atoms with Gasteiger partial charge in [0.15, 0.2) is 0 Å². The van der Waals surface area contributed by atoms with Gasteiger partial charge in [-0.25, -0.2) is 0 Å². The highest BCUT2D eigenvalue weighted by molar-refractivity contribution is 5.72. The van der Waals surface area contributed by atoms with Gasteiger partial charge in [-0.3, -0.25) is 9.59 Å². The molecule has 0 aromatic rings. The van der Waals surface area contributed by atoms with Gasteiger partial charge >= 0.3 is 5.97 Å². The summed E-state index contributed by atoms with van der Waals surface area (Å²) in [5.74, 6) is -0.598. The van der Waals surface area contributed by atoms with Gasteiger partial charge in [-0.2, -0.15) is 0 Å². The Kier molecular flexibility index (Phi) is 10.4. The molecular weight excluding hydrogens is 230 g/mol. The van der Waals surface area contributed by atoms with E-state index in [-0.39, 0.29) is 18.2 Å². The van der Waals surface area contributed by atoms with Crippen molar-refractivity contribution >= 4 is 11.9 Å². The van der Waals surface area contributed by atoms with Crippen molar-refractivity contribution in [1.29, 1.82) is 0 Å². The Morgan fingerprint density at radius 1 is 1.11 bits per heavy atom. The van der Waals surface area contributed by atoms with Crippen LogP contribution in [0.25, 0.3) is 0 Å². The molecular formula is C14H27NO3. The number of unbranched alkanes of at least 4 members (excludes halogenated alkanes) is 4. The molecule has 0 aliphatic rings. The van der Waals surface area contributed by atoms with Crippen molar-refractivity contribution < 1.29 is 14.7 Å². The van der Waals surface area contributed by atoms with E-state index in [2.05, 4.69) is 12.2 Å². The number of amides is 1. The first kappa shape index (κ1) is 16.9. The summed E-state index contributed by atoms with van der Waals surface area (Å²) in [5.41, 5.74) is 0. The second-order valence-corrected chi connectivity index (χ2v) is 4.94. The van der Waals surface area contributed by atoms with Gasteiger partial charge < -0.3 is 10.4 Å². The smallest absolute Gasteiger partial charge is 0.303 e. The average Bonchev–Trinajstić information content (AvgIpc) is 2.27. The summed E-state index contributed by atoms with van der Waals surface area (Å²) >= 11 is 0. The molecule has 4 heteroatoms. The molecule has 0 fully saturated rings. The standard InChI is InChI=1S/C14H27NO3/c1-3-4-5-6-7-8-13(11-14(17)18)9-10-15-12(2)16/h13H,3-11H2,1-2H3,(H,15,16)(H,17,18). The molecule has 2 N–H and O–H groups in total. The first-order valence-corrected chi connectivity index (χ1v) is 7.02. The summed E-state index contributed by atoms with van der Waals surface area (Å²) in [5, 5.41) is 11.6. The lowest BCUT2D eigenvalue weighted by Crippen LogP contribution is -2.23. The summed E-state index contributed by atoms with van der Waals surface area (Å²) in [6.07, 6.45) is 7.93. The molecule has 1 atom stereocenters. The Morgan fingerprint density at radius 3 is 2.33 bits per heavy atom. The Bertz CT molecular complexity index is 241. The second-order valence-electron chi connectivity index (χ2n) is 4.94. The van der Waals surface area contributed by atoms with Gasteiger partial charge in [-0.05, 0) is 18.8 Å². The van der Waals surface area contributed by atoms with Crippen LogP contribution in [-0.2, 0) is 9.59 Å². The minimum absolute atomic E-state index is 0.0491. The van der Waals surface area contributed by atoms with Crippen LogP contribution in [-0.4, -0.2) is 23.5 Å². The molecule has 0 radical (unpaired) electrons. The lowest BCUT2D eigenvalue weighted by molar-refractivity contribution is -0.138. The fraction of sp³-hybridized carbons (Fsp3) is 0.857. The summed E-state index contributed by atoms with van der Waals surface area (Å²) in [7, 11) is 0. The minimum atomic E-state index is -0.739. The molecule has 0 rings (SSSR count). The topological polar surface area (TPSA) is 66.4 Å². The van der Waals surface area contributed by atoms with Gasteiger partial charge in [0.2, 0.25) is 5.91 Å². The third kappa shape index (κ3) is 11.4. The number of carboxylic acids is 1. The molecule has 0 aromatic carbocycles. The summed E-state index contributed by atoms with van der Waals surface area (Å²) in [4.78, 5) is 21.5. The van der Waals surface area contributed by atoms with Crippen molar-refractivity contribution in [1.82, 2.24) is 5.32 Å². The van der Waals surface area contributed by atoms with Crippen molar-refractivity contribution in [3.05, 3.63) is 0 Å². The van der Waals surface area contributed by atoms with Crippen LogP contribution in [0, 0.1) is 5.92 Å². The highest BCUT2D eigenvalue weighted by Gasteiger charge is 2.12. The molecule has 1 unspecified atom stereocenters. The number of carbonyl (C=O) groups excluding carboxylic acids is 1. The molecule has 0 bridgehead atoms. The highest BCUT2D eigenvalue weighted by Crippen LogP contribution is 2.18. The van der Waals surface area contributed by atoms with E-state index in [0.29, 0.717) is 6.54 Å². The third-order valence-corrected chi connectivity index (χ3v) is 3.11. The van der Waals surface area contributed by atoms with Crippen LogP contribution in [0.3, 0.4) is 0 Å². The Balaban J connectivity index is 3.76. The number of nitrogens with one attached hydrogen (secondary N) is 1. The number of carboxylic acid groups (broad SMARTS) is 1. The zero-order valence-electron chi connectivity index (χ0n) is 11.7. The molecule has 1 amide bonds. The van der Waals surface area contributed by atoms with Crippen LogP contribution in [0.15, 0.2) is 0 Å². The largest absolute Gasteiger partial charge is 0.481 e. The minimum Gasteiger partial charge on any atom is -0.481 e. The molecule has 4 nitrogen and oxygen atoms in total. The number of hydrogen-bond acceptors (Lipinski definition) is 2. The predicted octanol–water partition coefficient (Wildman–Crippen LogP) is 2.96. The van der Waals surface area contributed by atoms with E-state index in [1.54, 1.807) is 0 Å². The lowest BCUT2D eigenvalue weighted by Gasteiger charge is -2.14. The van der Waals surface area contributed by atoms with Gasteiger partial charge in [0.05, 0.1) is 0 Å². The molecule has 0 saturated heterocycles. The average molecular weight is 257 g/mol. The van der Waals surface area contributed by atoms with E-state index in [9.17, 15) is 9.59 Å². The van der Waals surface area contributed by atoms with Gasteiger partial charge in [0.25, 0.3) is 0 Å². The van der Waals surface area contributed by atoms with Crippen LogP contribution < -0.4 is 5.32 Å². The summed E-state index contributed by atoms with van der Waals surface area (Å²) in [6.45, 7) is 4.25. The van der Waals surface area contributed by atoms with Gasteiger partial charge in [-0.15, -0.1) is 0 Å². The molecule has 18 heavy (non-hydrogen) atoms. The van der Waals surface area contributed by atoms with E-state index in [4.69, 9.17) is 5.11 Å². The van der Waals surface area contributed by atoms with E-state index >= 15 is 0 Å². The number of aliphatic carboxylic acids is 1. The van der Waals surface area contributed by atoms with Crippen LogP contribution >= 0.6 is 0 Å². The Morgan fingerprint density at radius 2 is 1.78 bits per heavy atom. The monoisotopic (exact) mass is 257 g/mol. The molecule has 106 valence electrons. The van der Waals surface area contributed by atoms with Gasteiger partial charge in [0.1, 0.15) is 0 Å². The quantitative estimate of drug-likeness (QED) is 0.559. The van der Waals surface area contributed by atoms with Crippen molar-refractivity contribution in [2.45, 2.75) is 65.2 Å². The second kappa shape index (κ2) is 11.1. The zero-order valence-corrected chi connectivity index (χ0v) is 11.7. The Hall–Kier alpha value is -1.06. The SMILES string of the molecule is CCCCCCCC(CCNC(C)=O)CC(=O)O. The first-order chi connectivity index (χ1) is 8.56. The first-order valence-electron chi connectivity index (χ1n) is 7.02. The molecule has 0 aliphatic carbocycles. The third-order valence-electron chi connectivity index (χ3n) is 3.11. The fourth-order valence-electron chi connectivity index (χ4n) is 2.08. The summed E-state index contributed by atoms with van der Waals surface area (Å²) in [6, 6.07) is 0. The predicted molar refractivity (Wildman–Crippen MR) is 72.4 cm³/mol. The number of hydrogen-bond donors (Lipinski definition) is 2. The molecule has 0 aromatic heterocycles. The van der Waals surface area contributed by atoms with Gasteiger partial charge in [0, 0.05) is 19.9 Å². The molecule has 0 saturated carbocycles. The zero-order chi connectivity index (χ0) is 13.8. The van der Waals surface area contributed by atoms with Gasteiger partial charge in [-0.1, -0.05) is 39.0 Å². The van der Waals surface area contributed by atoms with E-state index in [1.807, 2.05) is 0 Å². The Labute approximate surface area is 110 Å². The van der Waals surface area contributed by atoms with Crippen molar-refractivity contribution in [2.75, 3.05) is 6.54 Å². The van der Waals surface area contributed by atoms with Crippen molar-refractivity contribution in [3.8, 4) is 0 Å². The fourth-order valence-corrected chi connectivity index (χ4v) is 2.08. The van der Waals surface area contributed by atoms with Crippen LogP contribution in [0.1, 0.15) is 65.2 Å². The maximum atomic E-state index is 10.8. The molecule has 0 aliphatic heterocycles. The van der Waals surface area contributed by atoms with Crippen LogP contribution in [0.2, 0.25) is 0 Å². The van der Waals surface area contributed by atoms with Crippen LogP contribution in [0.4, 0.5) is 0 Å². The maximum Gasteiger partial charge on any atom is 0.303 e. The normalized spacial score (nSPS) is 12.1. The lowest BCUT2D eigenvalue weighted by atomic mass is 9.94.